The molecule has 0 unspecified atom stereocenters. The number of hydrogen-bond donors (Lipinski definition) is 2. The van der Waals surface area contributed by atoms with Gasteiger partial charge >= 0.3 is 5.97 Å². The minimum absolute atomic E-state index is 0.235. The normalized spacial score (nSPS) is 10.9. The van der Waals surface area contributed by atoms with Crippen molar-refractivity contribution in [3.63, 3.8) is 0 Å². The van der Waals surface area contributed by atoms with Gasteiger partial charge in [-0.1, -0.05) is 13.8 Å². The van der Waals surface area contributed by atoms with Crippen LogP contribution in [0.15, 0.2) is 24.5 Å². The highest BCUT2D eigenvalue weighted by molar-refractivity contribution is 5.96. The Kier molecular flexibility index (Phi) is 3.94. The summed E-state index contributed by atoms with van der Waals surface area (Å²) in [5, 5.41) is 13.1. The number of nitrogens with zero attached hydrogens (tertiary/aromatic N) is 2. The number of anilines is 1. The summed E-state index contributed by atoms with van der Waals surface area (Å²) >= 11 is 0. The number of hydrogen-bond acceptors (Lipinski definition) is 4. The van der Waals surface area contributed by atoms with Gasteiger partial charge < -0.3 is 10.4 Å². The molecule has 0 aliphatic rings. The number of rotatable bonds is 5. The van der Waals surface area contributed by atoms with E-state index in [1.165, 1.54) is 6.33 Å². The van der Waals surface area contributed by atoms with E-state index < -0.39 is 5.97 Å². The Hall–Kier alpha value is -2.17. The first-order valence-corrected chi connectivity index (χ1v) is 6.30. The molecular formula is C14H17N3O2. The maximum Gasteiger partial charge on any atom is 0.335 e. The van der Waals surface area contributed by atoms with E-state index in [1.54, 1.807) is 18.2 Å². The van der Waals surface area contributed by atoms with E-state index in [1.807, 2.05) is 0 Å². The zero-order valence-corrected chi connectivity index (χ0v) is 11.1. The summed E-state index contributed by atoms with van der Waals surface area (Å²) < 4.78 is 0. The number of carboxylic acid groups (broad SMARTS) is 1. The third kappa shape index (κ3) is 3.19. The minimum Gasteiger partial charge on any atom is -0.478 e. The van der Waals surface area contributed by atoms with Crippen molar-refractivity contribution in [2.24, 2.45) is 5.92 Å². The van der Waals surface area contributed by atoms with Crippen LogP contribution in [-0.2, 0) is 0 Å². The summed E-state index contributed by atoms with van der Waals surface area (Å²) in [5.41, 5.74) is 0.876. The van der Waals surface area contributed by atoms with Crippen LogP contribution in [0.4, 0.5) is 5.82 Å². The van der Waals surface area contributed by atoms with Crippen LogP contribution in [0, 0.1) is 5.92 Å². The smallest absolute Gasteiger partial charge is 0.335 e. The van der Waals surface area contributed by atoms with Crippen LogP contribution in [0.1, 0.15) is 30.6 Å². The molecule has 0 aliphatic heterocycles. The zero-order valence-electron chi connectivity index (χ0n) is 11.1. The molecule has 0 aliphatic carbocycles. The number of carboxylic acids is 1. The largest absolute Gasteiger partial charge is 0.478 e. The monoisotopic (exact) mass is 259 g/mol. The topological polar surface area (TPSA) is 75.1 Å². The average Bonchev–Trinajstić information content (AvgIpc) is 2.37. The highest BCUT2D eigenvalue weighted by Gasteiger charge is 2.08. The van der Waals surface area contributed by atoms with Gasteiger partial charge in [0.25, 0.3) is 0 Å². The summed E-state index contributed by atoms with van der Waals surface area (Å²) in [6, 6.07) is 4.88. The lowest BCUT2D eigenvalue weighted by Crippen LogP contribution is -2.07. The van der Waals surface area contributed by atoms with Crippen LogP contribution >= 0.6 is 0 Å². The molecule has 0 bridgehead atoms. The quantitative estimate of drug-likeness (QED) is 0.863. The van der Waals surface area contributed by atoms with Gasteiger partial charge in [0.2, 0.25) is 0 Å². The molecule has 0 fully saturated rings. The predicted octanol–water partition coefficient (Wildman–Crippen LogP) is 2.79. The molecule has 0 saturated carbocycles. The predicted molar refractivity (Wildman–Crippen MR) is 74.4 cm³/mol. The first-order valence-electron chi connectivity index (χ1n) is 6.30. The molecule has 19 heavy (non-hydrogen) atoms. The lowest BCUT2D eigenvalue weighted by molar-refractivity contribution is 0.0697. The van der Waals surface area contributed by atoms with Crippen molar-refractivity contribution in [3.05, 3.63) is 30.1 Å². The summed E-state index contributed by atoms with van der Waals surface area (Å²) in [6.45, 7) is 5.17. The Balaban J connectivity index is 2.27. The second-order valence-corrected chi connectivity index (χ2v) is 4.87. The van der Waals surface area contributed by atoms with Gasteiger partial charge in [0.15, 0.2) is 0 Å². The zero-order chi connectivity index (χ0) is 13.8. The molecule has 2 aromatic rings. The van der Waals surface area contributed by atoms with Crippen LogP contribution in [0.5, 0.6) is 0 Å². The van der Waals surface area contributed by atoms with E-state index in [-0.39, 0.29) is 5.56 Å². The summed E-state index contributed by atoms with van der Waals surface area (Å²) in [7, 11) is 0. The van der Waals surface area contributed by atoms with E-state index in [0.717, 1.165) is 24.2 Å². The van der Waals surface area contributed by atoms with E-state index in [4.69, 9.17) is 5.11 Å². The van der Waals surface area contributed by atoms with Crippen molar-refractivity contribution < 1.29 is 9.90 Å². The van der Waals surface area contributed by atoms with Crippen molar-refractivity contribution in [2.75, 3.05) is 11.9 Å². The van der Waals surface area contributed by atoms with Gasteiger partial charge in [-0.15, -0.1) is 0 Å². The van der Waals surface area contributed by atoms with Crippen LogP contribution in [0.3, 0.4) is 0 Å². The first-order chi connectivity index (χ1) is 9.08. The fourth-order valence-corrected chi connectivity index (χ4v) is 1.81. The lowest BCUT2D eigenvalue weighted by Gasteiger charge is -2.09. The molecule has 2 N–H and O–H groups in total. The van der Waals surface area contributed by atoms with Gasteiger partial charge in [0.1, 0.15) is 12.1 Å². The number of carbonyl (C=O) groups is 1. The van der Waals surface area contributed by atoms with E-state index in [2.05, 4.69) is 29.1 Å². The molecule has 1 aromatic carbocycles. The van der Waals surface area contributed by atoms with Crippen molar-refractivity contribution in [1.29, 1.82) is 0 Å². The molecule has 0 amide bonds. The number of benzene rings is 1. The molecule has 0 spiro atoms. The molecule has 100 valence electrons. The highest BCUT2D eigenvalue weighted by Crippen LogP contribution is 2.20. The van der Waals surface area contributed by atoms with Gasteiger partial charge in [-0.3, -0.25) is 0 Å². The number of aromatic carboxylic acids is 1. The lowest BCUT2D eigenvalue weighted by atomic mass is 10.1. The number of aromatic nitrogens is 2. The molecule has 0 saturated heterocycles. The number of nitrogens with one attached hydrogen (secondary N) is 1. The van der Waals surface area contributed by atoms with Crippen molar-refractivity contribution in [1.82, 2.24) is 9.97 Å². The van der Waals surface area contributed by atoms with Crippen LogP contribution in [-0.4, -0.2) is 27.6 Å². The molecule has 0 radical (unpaired) electrons. The van der Waals surface area contributed by atoms with Gasteiger partial charge in [0.05, 0.1) is 11.1 Å². The first kappa shape index (κ1) is 13.3. The highest BCUT2D eigenvalue weighted by atomic mass is 16.4. The fourth-order valence-electron chi connectivity index (χ4n) is 1.81. The van der Waals surface area contributed by atoms with E-state index >= 15 is 0 Å². The van der Waals surface area contributed by atoms with Crippen LogP contribution < -0.4 is 5.32 Å². The van der Waals surface area contributed by atoms with Gasteiger partial charge in [-0.05, 0) is 30.5 Å². The standard InChI is InChI=1S/C14H17N3O2/c1-9(2)5-6-15-13-11-4-3-10(14(18)19)7-12(11)16-8-17-13/h3-4,7-9H,5-6H2,1-2H3,(H,18,19)(H,15,16,17). The van der Waals surface area contributed by atoms with Crippen LogP contribution in [0.2, 0.25) is 0 Å². The summed E-state index contributed by atoms with van der Waals surface area (Å²) in [4.78, 5) is 19.2. The molecule has 1 heterocycles. The van der Waals surface area contributed by atoms with Gasteiger partial charge in [0, 0.05) is 11.9 Å². The molecule has 2 rings (SSSR count). The van der Waals surface area contributed by atoms with E-state index in [0.29, 0.717) is 11.4 Å². The average molecular weight is 259 g/mol. The van der Waals surface area contributed by atoms with E-state index in [9.17, 15) is 4.79 Å². The Bertz CT molecular complexity index is 596. The Morgan fingerprint density at radius 2 is 2.16 bits per heavy atom. The summed E-state index contributed by atoms with van der Waals surface area (Å²) in [6.07, 6.45) is 2.50. The molecule has 5 heteroatoms. The van der Waals surface area contributed by atoms with Gasteiger partial charge in [-0.25, -0.2) is 14.8 Å². The maximum atomic E-state index is 10.9. The SMILES string of the molecule is CC(C)CCNc1ncnc2cc(C(=O)O)ccc12. The third-order valence-corrected chi connectivity index (χ3v) is 2.90. The van der Waals surface area contributed by atoms with Crippen molar-refractivity contribution in [3.8, 4) is 0 Å². The molecular weight excluding hydrogens is 242 g/mol. The molecule has 0 atom stereocenters. The molecule has 5 nitrogen and oxygen atoms in total. The maximum absolute atomic E-state index is 10.9. The van der Waals surface area contributed by atoms with Crippen LogP contribution in [0.25, 0.3) is 10.9 Å². The second-order valence-electron chi connectivity index (χ2n) is 4.87. The number of fused-ring (bicyclic) bond motifs is 1. The summed E-state index contributed by atoms with van der Waals surface area (Å²) in [5.74, 6) is 0.427. The van der Waals surface area contributed by atoms with Crippen molar-refractivity contribution in [2.45, 2.75) is 20.3 Å². The second kappa shape index (κ2) is 5.65. The fraction of sp³-hybridized carbons (Fsp3) is 0.357. The minimum atomic E-state index is -0.949. The third-order valence-electron chi connectivity index (χ3n) is 2.90. The Morgan fingerprint density at radius 1 is 1.37 bits per heavy atom. The van der Waals surface area contributed by atoms with Crippen molar-refractivity contribution >= 4 is 22.7 Å². The Morgan fingerprint density at radius 3 is 2.84 bits per heavy atom. The molecule has 1 aromatic heterocycles. The van der Waals surface area contributed by atoms with Gasteiger partial charge in [-0.2, -0.15) is 0 Å². The Labute approximate surface area is 111 Å².